The molecule has 0 unspecified atom stereocenters. The zero-order chi connectivity index (χ0) is 13.6. The van der Waals surface area contributed by atoms with E-state index in [1.54, 1.807) is 0 Å². The molecule has 0 bridgehead atoms. The van der Waals surface area contributed by atoms with Gasteiger partial charge in [0.2, 0.25) is 0 Å². The molecule has 0 saturated heterocycles. The van der Waals surface area contributed by atoms with Gasteiger partial charge in [0.1, 0.15) is 5.76 Å². The Balaban J connectivity index is 2.64. The number of carbonyl (C=O) groups is 1. The largest absolute Gasteiger partial charge is 0.431 e. The van der Waals surface area contributed by atoms with Gasteiger partial charge in [0.25, 0.3) is 0 Å². The van der Waals surface area contributed by atoms with Crippen molar-refractivity contribution in [3.63, 3.8) is 0 Å². The molecule has 1 aromatic rings. The van der Waals surface area contributed by atoms with Crippen LogP contribution in [-0.4, -0.2) is 5.97 Å². The van der Waals surface area contributed by atoms with Crippen molar-refractivity contribution < 1.29 is 9.53 Å². The van der Waals surface area contributed by atoms with Gasteiger partial charge >= 0.3 is 5.97 Å². The Morgan fingerprint density at radius 1 is 1.22 bits per heavy atom. The van der Waals surface area contributed by atoms with Gasteiger partial charge in [0, 0.05) is 6.42 Å². The molecule has 0 amide bonds. The van der Waals surface area contributed by atoms with E-state index in [4.69, 9.17) is 4.74 Å². The number of hydrogen-bond acceptors (Lipinski definition) is 2. The van der Waals surface area contributed by atoms with Crippen LogP contribution in [0.25, 0.3) is 0 Å². The fourth-order valence-electron chi connectivity index (χ4n) is 1.38. The number of allylic oxidation sites excluding steroid dienone is 2. The van der Waals surface area contributed by atoms with Crippen LogP contribution in [0.2, 0.25) is 0 Å². The maximum absolute atomic E-state index is 11.8. The summed E-state index contributed by atoms with van der Waals surface area (Å²) in [4.78, 5) is 11.8. The molecule has 0 fully saturated rings. The molecule has 0 N–H and O–H groups in total. The van der Waals surface area contributed by atoms with E-state index in [2.05, 4.69) is 12.1 Å². The first kappa shape index (κ1) is 14.5. The van der Waals surface area contributed by atoms with Crippen LogP contribution in [0.1, 0.15) is 39.7 Å². The molecule has 0 aliphatic rings. The van der Waals surface area contributed by atoms with Crippen LogP contribution in [0.5, 0.6) is 0 Å². The zero-order valence-electron chi connectivity index (χ0n) is 11.7. The number of benzene rings is 1. The maximum Gasteiger partial charge on any atom is 0.316 e. The predicted octanol–water partition coefficient (Wildman–Crippen LogP) is 4.11. The SMILES string of the molecule is CC/C(=C\Cc1ccccc1)OC(=O)C(C)(C)C. The van der Waals surface area contributed by atoms with E-state index in [1.807, 2.05) is 52.0 Å². The molecule has 98 valence electrons. The highest BCUT2D eigenvalue weighted by Gasteiger charge is 2.23. The van der Waals surface area contributed by atoms with Crippen LogP contribution >= 0.6 is 0 Å². The molecule has 2 nitrogen and oxygen atoms in total. The molecule has 1 aromatic carbocycles. The monoisotopic (exact) mass is 246 g/mol. The van der Waals surface area contributed by atoms with Gasteiger partial charge in [-0.05, 0) is 38.8 Å². The fourth-order valence-corrected chi connectivity index (χ4v) is 1.38. The van der Waals surface area contributed by atoms with E-state index >= 15 is 0 Å². The standard InChI is InChI=1S/C16H22O2/c1-5-14(18-15(17)16(2,3)4)12-11-13-9-7-6-8-10-13/h6-10,12H,5,11H2,1-4H3/b14-12+. The molecule has 18 heavy (non-hydrogen) atoms. The van der Waals surface area contributed by atoms with Gasteiger partial charge in [-0.2, -0.15) is 0 Å². The lowest BCUT2D eigenvalue weighted by molar-refractivity contribution is -0.148. The highest BCUT2D eigenvalue weighted by molar-refractivity contribution is 5.76. The van der Waals surface area contributed by atoms with E-state index in [0.717, 1.165) is 18.6 Å². The minimum absolute atomic E-state index is 0.177. The lowest BCUT2D eigenvalue weighted by atomic mass is 9.97. The molecule has 2 heteroatoms. The van der Waals surface area contributed by atoms with Gasteiger partial charge in [-0.3, -0.25) is 4.79 Å². The van der Waals surface area contributed by atoms with E-state index in [-0.39, 0.29) is 5.97 Å². The second kappa shape index (κ2) is 6.39. The van der Waals surface area contributed by atoms with Crippen molar-refractivity contribution in [3.05, 3.63) is 47.7 Å². The first-order chi connectivity index (χ1) is 8.43. The van der Waals surface area contributed by atoms with E-state index in [1.165, 1.54) is 5.56 Å². The molecule has 0 saturated carbocycles. The fraction of sp³-hybridized carbons (Fsp3) is 0.438. The topological polar surface area (TPSA) is 26.3 Å². The summed E-state index contributed by atoms with van der Waals surface area (Å²) in [5.74, 6) is 0.572. The van der Waals surface area contributed by atoms with Crippen molar-refractivity contribution in [1.82, 2.24) is 0 Å². The molecule has 0 radical (unpaired) electrons. The maximum atomic E-state index is 11.8. The van der Waals surface area contributed by atoms with E-state index < -0.39 is 5.41 Å². The van der Waals surface area contributed by atoms with Crippen LogP contribution in [0.3, 0.4) is 0 Å². The second-order valence-electron chi connectivity index (χ2n) is 5.35. The number of carbonyl (C=O) groups excluding carboxylic acids is 1. The minimum Gasteiger partial charge on any atom is -0.431 e. The normalized spacial score (nSPS) is 12.3. The summed E-state index contributed by atoms with van der Waals surface area (Å²) in [6.45, 7) is 7.58. The average molecular weight is 246 g/mol. The van der Waals surface area contributed by atoms with Crippen molar-refractivity contribution in [3.8, 4) is 0 Å². The molecule has 0 heterocycles. The molecule has 0 atom stereocenters. The summed E-state index contributed by atoms with van der Waals surface area (Å²) >= 11 is 0. The third-order valence-electron chi connectivity index (χ3n) is 2.59. The summed E-state index contributed by atoms with van der Waals surface area (Å²) in [6, 6.07) is 10.1. The molecular weight excluding hydrogens is 224 g/mol. The molecular formula is C16H22O2. The first-order valence-corrected chi connectivity index (χ1v) is 6.38. The molecule has 0 spiro atoms. The first-order valence-electron chi connectivity index (χ1n) is 6.38. The summed E-state index contributed by atoms with van der Waals surface area (Å²) in [5, 5.41) is 0. The minimum atomic E-state index is -0.457. The third-order valence-corrected chi connectivity index (χ3v) is 2.59. The molecule has 1 rings (SSSR count). The van der Waals surface area contributed by atoms with Crippen LogP contribution in [0.4, 0.5) is 0 Å². The number of esters is 1. The van der Waals surface area contributed by atoms with Crippen molar-refractivity contribution in [2.24, 2.45) is 5.41 Å². The highest BCUT2D eigenvalue weighted by Crippen LogP contribution is 2.19. The van der Waals surface area contributed by atoms with Crippen molar-refractivity contribution in [2.75, 3.05) is 0 Å². The highest BCUT2D eigenvalue weighted by atomic mass is 16.5. The van der Waals surface area contributed by atoms with Gasteiger partial charge in [-0.15, -0.1) is 0 Å². The van der Waals surface area contributed by atoms with Crippen LogP contribution in [0.15, 0.2) is 42.2 Å². The lowest BCUT2D eigenvalue weighted by Crippen LogP contribution is -2.22. The van der Waals surface area contributed by atoms with Crippen molar-refractivity contribution >= 4 is 5.97 Å². The Morgan fingerprint density at radius 2 is 1.83 bits per heavy atom. The van der Waals surface area contributed by atoms with Gasteiger partial charge in [-0.25, -0.2) is 0 Å². The molecule has 0 aliphatic heterocycles. The van der Waals surface area contributed by atoms with Gasteiger partial charge < -0.3 is 4.74 Å². The number of hydrogen-bond donors (Lipinski definition) is 0. The van der Waals surface area contributed by atoms with Crippen LogP contribution in [0, 0.1) is 5.41 Å². The average Bonchev–Trinajstić information content (AvgIpc) is 2.34. The Hall–Kier alpha value is -1.57. The van der Waals surface area contributed by atoms with Crippen molar-refractivity contribution in [2.45, 2.75) is 40.5 Å². The Kier molecular flexibility index (Phi) is 5.14. The molecule has 0 aromatic heterocycles. The lowest BCUT2D eigenvalue weighted by Gasteiger charge is -2.17. The van der Waals surface area contributed by atoms with Gasteiger partial charge in [-0.1, -0.05) is 37.3 Å². The van der Waals surface area contributed by atoms with E-state index in [0.29, 0.717) is 0 Å². The number of ether oxygens (including phenoxy) is 1. The Morgan fingerprint density at radius 3 is 2.33 bits per heavy atom. The third kappa shape index (κ3) is 4.74. The summed E-state index contributed by atoms with van der Waals surface area (Å²) < 4.78 is 5.41. The quantitative estimate of drug-likeness (QED) is 0.590. The zero-order valence-corrected chi connectivity index (χ0v) is 11.7. The summed E-state index contributed by atoms with van der Waals surface area (Å²) in [5.41, 5.74) is 0.760. The summed E-state index contributed by atoms with van der Waals surface area (Å²) in [6.07, 6.45) is 3.51. The summed E-state index contributed by atoms with van der Waals surface area (Å²) in [7, 11) is 0. The van der Waals surface area contributed by atoms with E-state index in [9.17, 15) is 4.79 Å². The Labute approximate surface area is 110 Å². The smallest absolute Gasteiger partial charge is 0.316 e. The van der Waals surface area contributed by atoms with Crippen LogP contribution in [-0.2, 0) is 16.0 Å². The number of rotatable bonds is 4. The Bertz CT molecular complexity index is 410. The van der Waals surface area contributed by atoms with Crippen molar-refractivity contribution in [1.29, 1.82) is 0 Å². The second-order valence-corrected chi connectivity index (χ2v) is 5.35. The molecule has 0 aliphatic carbocycles. The van der Waals surface area contributed by atoms with Gasteiger partial charge in [0.15, 0.2) is 0 Å². The van der Waals surface area contributed by atoms with Gasteiger partial charge in [0.05, 0.1) is 5.41 Å². The van der Waals surface area contributed by atoms with Crippen LogP contribution < -0.4 is 0 Å². The predicted molar refractivity (Wildman–Crippen MR) is 74.1 cm³/mol.